The summed E-state index contributed by atoms with van der Waals surface area (Å²) in [6.45, 7) is 2.28. The van der Waals surface area contributed by atoms with Crippen LogP contribution in [0.1, 0.15) is 17.2 Å². The Kier molecular flexibility index (Phi) is 6.85. The van der Waals surface area contributed by atoms with Crippen molar-refractivity contribution in [1.29, 1.82) is 0 Å². The number of alkyl halides is 3. The molecule has 0 aliphatic carbocycles. The average molecular weight is 449 g/mol. The summed E-state index contributed by atoms with van der Waals surface area (Å²) in [5.74, 6) is 0. The summed E-state index contributed by atoms with van der Waals surface area (Å²) in [5.41, 5.74) is -0.134. The SMILES string of the molecule is O=S(=O)(NCC(c1ccccc1Cl)N1CCOCC1)c1ccc(C(F)(F)F)cc1. The van der Waals surface area contributed by atoms with Crippen LogP contribution >= 0.6 is 11.6 Å². The van der Waals surface area contributed by atoms with E-state index in [0.29, 0.717) is 31.3 Å². The van der Waals surface area contributed by atoms with Crippen LogP contribution in [-0.4, -0.2) is 46.2 Å². The molecule has 1 saturated heterocycles. The highest BCUT2D eigenvalue weighted by atomic mass is 35.5. The van der Waals surface area contributed by atoms with E-state index in [2.05, 4.69) is 9.62 Å². The zero-order valence-electron chi connectivity index (χ0n) is 15.3. The van der Waals surface area contributed by atoms with Crippen LogP contribution in [0.25, 0.3) is 0 Å². The Balaban J connectivity index is 1.80. The largest absolute Gasteiger partial charge is 0.416 e. The number of hydrogen-bond acceptors (Lipinski definition) is 4. The van der Waals surface area contributed by atoms with Crippen molar-refractivity contribution in [3.05, 3.63) is 64.7 Å². The van der Waals surface area contributed by atoms with Gasteiger partial charge in [0.15, 0.2) is 0 Å². The summed E-state index contributed by atoms with van der Waals surface area (Å²) in [4.78, 5) is 1.84. The van der Waals surface area contributed by atoms with Crippen LogP contribution in [0.5, 0.6) is 0 Å². The molecule has 0 saturated carbocycles. The van der Waals surface area contributed by atoms with Crippen LogP contribution < -0.4 is 4.72 Å². The molecule has 1 aliphatic rings. The van der Waals surface area contributed by atoms with Crippen molar-refractivity contribution in [3.8, 4) is 0 Å². The number of rotatable bonds is 6. The van der Waals surface area contributed by atoms with Gasteiger partial charge in [-0.2, -0.15) is 13.2 Å². The van der Waals surface area contributed by atoms with E-state index in [-0.39, 0.29) is 17.5 Å². The minimum atomic E-state index is -4.53. The standard InChI is InChI=1S/C19H20ClF3N2O3S/c20-17-4-2-1-3-16(17)18(25-9-11-28-12-10-25)13-24-29(26,27)15-7-5-14(6-8-15)19(21,22)23/h1-8,18,24H,9-13H2. The van der Waals surface area contributed by atoms with E-state index in [1.54, 1.807) is 12.1 Å². The monoisotopic (exact) mass is 448 g/mol. The maximum Gasteiger partial charge on any atom is 0.416 e. The Bertz CT molecular complexity index is 930. The zero-order valence-corrected chi connectivity index (χ0v) is 16.9. The van der Waals surface area contributed by atoms with Gasteiger partial charge in [0.1, 0.15) is 0 Å². The van der Waals surface area contributed by atoms with Gasteiger partial charge in [-0.05, 0) is 35.9 Å². The summed E-state index contributed by atoms with van der Waals surface area (Å²) in [7, 11) is -4.00. The first-order valence-electron chi connectivity index (χ1n) is 8.91. The first-order chi connectivity index (χ1) is 13.7. The third-order valence-corrected chi connectivity index (χ3v) is 6.49. The van der Waals surface area contributed by atoms with Gasteiger partial charge < -0.3 is 4.74 Å². The van der Waals surface area contributed by atoms with Crippen LogP contribution in [0, 0.1) is 0 Å². The van der Waals surface area contributed by atoms with Gasteiger partial charge in [-0.3, -0.25) is 4.90 Å². The zero-order chi connectivity index (χ0) is 21.1. The molecule has 0 spiro atoms. The summed E-state index contributed by atoms with van der Waals surface area (Å²) < 4.78 is 71.3. The minimum absolute atomic E-state index is 0.0209. The predicted octanol–water partition coefficient (Wildman–Crippen LogP) is 3.71. The van der Waals surface area contributed by atoms with Crippen molar-refractivity contribution in [3.63, 3.8) is 0 Å². The van der Waals surface area contributed by atoms with Crippen LogP contribution in [-0.2, 0) is 20.9 Å². The summed E-state index contributed by atoms with van der Waals surface area (Å²) in [6.07, 6.45) is -4.53. The Morgan fingerprint density at radius 1 is 1.07 bits per heavy atom. The van der Waals surface area contributed by atoms with Gasteiger partial charge in [0.05, 0.1) is 23.7 Å². The molecule has 29 heavy (non-hydrogen) atoms. The number of morpholine rings is 1. The second-order valence-electron chi connectivity index (χ2n) is 6.56. The summed E-state index contributed by atoms with van der Waals surface area (Å²) >= 11 is 6.32. The van der Waals surface area contributed by atoms with Gasteiger partial charge in [-0.1, -0.05) is 29.8 Å². The molecule has 1 aliphatic heterocycles. The van der Waals surface area contributed by atoms with E-state index >= 15 is 0 Å². The summed E-state index contributed by atoms with van der Waals surface area (Å²) in [6, 6.07) is 10.2. The van der Waals surface area contributed by atoms with Crippen LogP contribution in [0.3, 0.4) is 0 Å². The summed E-state index contributed by atoms with van der Waals surface area (Å²) in [5, 5.41) is 0.512. The number of sulfonamides is 1. The predicted molar refractivity (Wildman–Crippen MR) is 103 cm³/mol. The van der Waals surface area contributed by atoms with Crippen molar-refractivity contribution in [2.75, 3.05) is 32.8 Å². The molecular formula is C19H20ClF3N2O3S. The molecule has 1 heterocycles. The number of nitrogens with one attached hydrogen (secondary N) is 1. The van der Waals surface area contributed by atoms with Crippen LogP contribution in [0.2, 0.25) is 5.02 Å². The highest BCUT2D eigenvalue weighted by Gasteiger charge is 2.31. The molecule has 0 radical (unpaired) electrons. The molecule has 2 aromatic rings. The minimum Gasteiger partial charge on any atom is -0.379 e. The highest BCUT2D eigenvalue weighted by Crippen LogP contribution is 2.30. The van der Waals surface area contributed by atoms with Gasteiger partial charge >= 0.3 is 6.18 Å². The first-order valence-corrected chi connectivity index (χ1v) is 10.8. The van der Waals surface area contributed by atoms with E-state index in [1.807, 2.05) is 12.1 Å². The number of benzene rings is 2. The van der Waals surface area contributed by atoms with E-state index in [0.717, 1.165) is 29.8 Å². The van der Waals surface area contributed by atoms with Crippen molar-refractivity contribution >= 4 is 21.6 Å². The van der Waals surface area contributed by atoms with E-state index in [4.69, 9.17) is 16.3 Å². The fourth-order valence-corrected chi connectivity index (χ4v) is 4.47. The second-order valence-corrected chi connectivity index (χ2v) is 8.73. The molecule has 0 bridgehead atoms. The molecule has 0 aromatic heterocycles. The fraction of sp³-hybridized carbons (Fsp3) is 0.368. The lowest BCUT2D eigenvalue weighted by molar-refractivity contribution is -0.137. The third kappa shape index (κ3) is 5.49. The molecule has 1 unspecified atom stereocenters. The lowest BCUT2D eigenvalue weighted by Gasteiger charge is -2.35. The van der Waals surface area contributed by atoms with E-state index in [9.17, 15) is 21.6 Å². The van der Waals surface area contributed by atoms with Crippen LogP contribution in [0.4, 0.5) is 13.2 Å². The number of ether oxygens (including phenoxy) is 1. The third-order valence-electron chi connectivity index (χ3n) is 4.71. The molecule has 2 aromatic carbocycles. The molecule has 3 rings (SSSR count). The lowest BCUT2D eigenvalue weighted by atomic mass is 10.0. The first kappa shape index (κ1) is 22.0. The Labute approximate surface area is 172 Å². The lowest BCUT2D eigenvalue weighted by Crippen LogP contribution is -2.43. The molecule has 1 atom stereocenters. The molecule has 1 fully saturated rings. The van der Waals surface area contributed by atoms with Gasteiger partial charge in [-0.25, -0.2) is 13.1 Å². The van der Waals surface area contributed by atoms with E-state index < -0.39 is 21.8 Å². The van der Waals surface area contributed by atoms with Gasteiger partial charge in [0.25, 0.3) is 0 Å². The second kappa shape index (κ2) is 9.01. The van der Waals surface area contributed by atoms with Crippen molar-refractivity contribution in [1.82, 2.24) is 9.62 Å². The molecule has 5 nitrogen and oxygen atoms in total. The maximum absolute atomic E-state index is 12.7. The van der Waals surface area contributed by atoms with Gasteiger partial charge in [0.2, 0.25) is 10.0 Å². The number of hydrogen-bond donors (Lipinski definition) is 1. The maximum atomic E-state index is 12.7. The van der Waals surface area contributed by atoms with Gasteiger partial charge in [0, 0.05) is 30.7 Å². The van der Waals surface area contributed by atoms with E-state index in [1.165, 1.54) is 0 Å². The van der Waals surface area contributed by atoms with Crippen molar-refractivity contribution in [2.24, 2.45) is 0 Å². The van der Waals surface area contributed by atoms with Crippen molar-refractivity contribution < 1.29 is 26.3 Å². The number of nitrogens with zero attached hydrogens (tertiary/aromatic N) is 1. The Morgan fingerprint density at radius 3 is 2.28 bits per heavy atom. The highest BCUT2D eigenvalue weighted by molar-refractivity contribution is 7.89. The normalized spacial score (nSPS) is 17.2. The Morgan fingerprint density at radius 2 is 1.69 bits per heavy atom. The average Bonchev–Trinajstić information content (AvgIpc) is 2.70. The molecule has 158 valence electrons. The molecule has 0 amide bonds. The number of halogens is 4. The quantitative estimate of drug-likeness (QED) is 0.732. The molecular weight excluding hydrogens is 429 g/mol. The molecule has 1 N–H and O–H groups in total. The van der Waals surface area contributed by atoms with Gasteiger partial charge in [-0.15, -0.1) is 0 Å². The molecule has 10 heteroatoms. The van der Waals surface area contributed by atoms with Crippen LogP contribution in [0.15, 0.2) is 53.4 Å². The van der Waals surface area contributed by atoms with Crippen molar-refractivity contribution in [2.45, 2.75) is 17.1 Å². The Hall–Kier alpha value is -1.65. The fourth-order valence-electron chi connectivity index (χ4n) is 3.17. The smallest absolute Gasteiger partial charge is 0.379 e. The topological polar surface area (TPSA) is 58.6 Å².